The molecule has 1 aliphatic heterocycles. The molecule has 1 unspecified atom stereocenters. The molecule has 0 aromatic rings. The molecule has 1 saturated heterocycles. The third-order valence-corrected chi connectivity index (χ3v) is 5.47. The van der Waals surface area contributed by atoms with Crippen molar-refractivity contribution in [2.45, 2.75) is 47.1 Å². The molecule has 2 rings (SSSR count). The van der Waals surface area contributed by atoms with Crippen LogP contribution in [0.3, 0.4) is 0 Å². The molecule has 98 valence electrons. The normalized spacial score (nSPS) is 31.0. The van der Waals surface area contributed by atoms with E-state index in [9.17, 15) is 4.79 Å². The Balaban J connectivity index is 1.93. The molecule has 0 aromatic heterocycles. The molecule has 0 aromatic carbocycles. The Labute approximate surface area is 105 Å². The quantitative estimate of drug-likeness (QED) is 0.811. The van der Waals surface area contributed by atoms with Gasteiger partial charge < -0.3 is 10.2 Å². The number of hydrogen-bond donors (Lipinski definition) is 1. The van der Waals surface area contributed by atoms with Gasteiger partial charge in [-0.1, -0.05) is 34.6 Å². The predicted molar refractivity (Wildman–Crippen MR) is 69.7 cm³/mol. The molecule has 3 nitrogen and oxygen atoms in total. The van der Waals surface area contributed by atoms with E-state index < -0.39 is 0 Å². The summed E-state index contributed by atoms with van der Waals surface area (Å²) in [6.45, 7) is 14.1. The third-order valence-electron chi connectivity index (χ3n) is 5.47. The molecule has 1 amide bonds. The van der Waals surface area contributed by atoms with Crippen molar-refractivity contribution in [3.05, 3.63) is 0 Å². The van der Waals surface area contributed by atoms with Gasteiger partial charge in [-0.2, -0.15) is 0 Å². The average molecular weight is 238 g/mol. The highest BCUT2D eigenvalue weighted by atomic mass is 16.2. The Bertz CT molecular complexity index is 308. The zero-order valence-electron chi connectivity index (χ0n) is 11.8. The van der Waals surface area contributed by atoms with Crippen molar-refractivity contribution in [2.24, 2.45) is 16.7 Å². The van der Waals surface area contributed by atoms with Gasteiger partial charge >= 0.3 is 0 Å². The summed E-state index contributed by atoms with van der Waals surface area (Å²) < 4.78 is 0. The van der Waals surface area contributed by atoms with E-state index in [1.54, 1.807) is 0 Å². The molecule has 0 spiro atoms. The van der Waals surface area contributed by atoms with Gasteiger partial charge in [-0.15, -0.1) is 0 Å². The molecule has 1 saturated carbocycles. The topological polar surface area (TPSA) is 32.3 Å². The Morgan fingerprint density at radius 1 is 1.29 bits per heavy atom. The van der Waals surface area contributed by atoms with E-state index in [4.69, 9.17) is 0 Å². The van der Waals surface area contributed by atoms with E-state index in [0.29, 0.717) is 22.7 Å². The zero-order valence-corrected chi connectivity index (χ0v) is 11.8. The first-order chi connectivity index (χ1) is 7.82. The minimum Gasteiger partial charge on any atom is -0.341 e. The van der Waals surface area contributed by atoms with Gasteiger partial charge in [0.1, 0.15) is 0 Å². The van der Waals surface area contributed by atoms with Gasteiger partial charge in [0.25, 0.3) is 0 Å². The maximum Gasteiger partial charge on any atom is 0.239 e. The highest BCUT2D eigenvalue weighted by Crippen LogP contribution is 2.68. The van der Waals surface area contributed by atoms with E-state index in [2.05, 4.69) is 44.8 Å². The lowest BCUT2D eigenvalue weighted by atomic mass is 10.0. The predicted octanol–water partition coefficient (Wildman–Crippen LogP) is 1.88. The van der Waals surface area contributed by atoms with Gasteiger partial charge in [-0.05, 0) is 29.7 Å². The molecule has 0 bridgehead atoms. The van der Waals surface area contributed by atoms with Gasteiger partial charge in [0.2, 0.25) is 5.91 Å². The standard InChI is InChI=1S/C14H26N2O/c1-6-15-10-7-8-16(12(10)17)9-11-13(2,3)14(11,4)5/h10-11,15H,6-9H2,1-5H3. The number of likely N-dealkylation sites (tertiary alicyclic amines) is 1. The van der Waals surface area contributed by atoms with E-state index in [1.807, 2.05) is 0 Å². The van der Waals surface area contributed by atoms with Crippen LogP contribution in [0, 0.1) is 16.7 Å². The summed E-state index contributed by atoms with van der Waals surface area (Å²) in [4.78, 5) is 14.2. The van der Waals surface area contributed by atoms with Crippen LogP contribution < -0.4 is 5.32 Å². The number of nitrogens with one attached hydrogen (secondary N) is 1. The van der Waals surface area contributed by atoms with Crippen molar-refractivity contribution in [2.75, 3.05) is 19.6 Å². The lowest BCUT2D eigenvalue weighted by molar-refractivity contribution is -0.129. The monoisotopic (exact) mass is 238 g/mol. The molecule has 1 heterocycles. The number of nitrogens with zero attached hydrogens (tertiary/aromatic N) is 1. The van der Waals surface area contributed by atoms with E-state index >= 15 is 0 Å². The number of carbonyl (C=O) groups is 1. The summed E-state index contributed by atoms with van der Waals surface area (Å²) in [6, 6.07) is 0.0741. The Morgan fingerprint density at radius 2 is 1.88 bits per heavy atom. The van der Waals surface area contributed by atoms with Crippen LogP contribution >= 0.6 is 0 Å². The van der Waals surface area contributed by atoms with E-state index in [-0.39, 0.29) is 6.04 Å². The highest BCUT2D eigenvalue weighted by molar-refractivity contribution is 5.84. The fraction of sp³-hybridized carbons (Fsp3) is 0.929. The SMILES string of the molecule is CCNC1CCN(CC2C(C)(C)C2(C)C)C1=O. The Kier molecular flexibility index (Phi) is 3.01. The van der Waals surface area contributed by atoms with E-state index in [0.717, 1.165) is 26.1 Å². The van der Waals surface area contributed by atoms with Crippen molar-refractivity contribution in [1.82, 2.24) is 10.2 Å². The minimum atomic E-state index is 0.0741. The molecule has 2 aliphatic rings. The van der Waals surface area contributed by atoms with Crippen molar-refractivity contribution in [3.8, 4) is 0 Å². The number of rotatable bonds is 4. The summed E-state index contributed by atoms with van der Waals surface area (Å²) in [5.74, 6) is 0.963. The summed E-state index contributed by atoms with van der Waals surface area (Å²) in [5, 5.41) is 3.27. The maximum absolute atomic E-state index is 12.1. The smallest absolute Gasteiger partial charge is 0.239 e. The van der Waals surface area contributed by atoms with Gasteiger partial charge in [0.15, 0.2) is 0 Å². The number of amides is 1. The number of hydrogen-bond acceptors (Lipinski definition) is 2. The van der Waals surface area contributed by atoms with E-state index in [1.165, 1.54) is 0 Å². The molecular formula is C14H26N2O. The molecule has 3 heteroatoms. The molecule has 1 aliphatic carbocycles. The second kappa shape index (κ2) is 3.98. The van der Waals surface area contributed by atoms with Crippen LogP contribution in [0.4, 0.5) is 0 Å². The average Bonchev–Trinajstić information content (AvgIpc) is 2.54. The first-order valence-electron chi connectivity index (χ1n) is 6.84. The number of likely N-dealkylation sites (N-methyl/N-ethyl adjacent to an activating group) is 1. The van der Waals surface area contributed by atoms with Gasteiger partial charge in [0, 0.05) is 13.1 Å². The molecule has 2 fully saturated rings. The van der Waals surface area contributed by atoms with Crippen LogP contribution in [0.1, 0.15) is 41.0 Å². The zero-order chi connectivity index (χ0) is 12.8. The molecule has 17 heavy (non-hydrogen) atoms. The summed E-state index contributed by atoms with van der Waals surface area (Å²) in [6.07, 6.45) is 0.972. The molecular weight excluding hydrogens is 212 g/mol. The van der Waals surface area contributed by atoms with Crippen molar-refractivity contribution in [3.63, 3.8) is 0 Å². The first-order valence-corrected chi connectivity index (χ1v) is 6.84. The Morgan fingerprint density at radius 3 is 2.35 bits per heavy atom. The molecule has 1 N–H and O–H groups in total. The summed E-state index contributed by atoms with van der Waals surface area (Å²) in [5.41, 5.74) is 0.757. The largest absolute Gasteiger partial charge is 0.341 e. The van der Waals surface area contributed by atoms with Crippen LogP contribution in [-0.4, -0.2) is 36.5 Å². The second-order valence-corrected chi connectivity index (χ2v) is 6.68. The van der Waals surface area contributed by atoms with Crippen LogP contribution in [0.25, 0.3) is 0 Å². The molecule has 1 atom stereocenters. The molecule has 0 radical (unpaired) electrons. The van der Waals surface area contributed by atoms with Crippen molar-refractivity contribution < 1.29 is 4.79 Å². The van der Waals surface area contributed by atoms with Gasteiger partial charge in [-0.3, -0.25) is 4.79 Å². The lowest BCUT2D eigenvalue weighted by Gasteiger charge is -2.18. The van der Waals surface area contributed by atoms with Gasteiger partial charge in [-0.25, -0.2) is 0 Å². The van der Waals surface area contributed by atoms with Crippen molar-refractivity contribution >= 4 is 5.91 Å². The fourth-order valence-electron chi connectivity index (χ4n) is 3.37. The summed E-state index contributed by atoms with van der Waals surface area (Å²) >= 11 is 0. The van der Waals surface area contributed by atoms with Crippen LogP contribution in [-0.2, 0) is 4.79 Å². The summed E-state index contributed by atoms with van der Waals surface area (Å²) in [7, 11) is 0. The lowest BCUT2D eigenvalue weighted by Crippen LogP contribution is -2.39. The third kappa shape index (κ3) is 1.88. The van der Waals surface area contributed by atoms with Crippen LogP contribution in [0.5, 0.6) is 0 Å². The van der Waals surface area contributed by atoms with Crippen molar-refractivity contribution in [1.29, 1.82) is 0 Å². The van der Waals surface area contributed by atoms with Crippen LogP contribution in [0.2, 0.25) is 0 Å². The van der Waals surface area contributed by atoms with Gasteiger partial charge in [0.05, 0.1) is 6.04 Å². The van der Waals surface area contributed by atoms with Crippen LogP contribution in [0.15, 0.2) is 0 Å². The maximum atomic E-state index is 12.1. The second-order valence-electron chi connectivity index (χ2n) is 6.68. The Hall–Kier alpha value is -0.570. The first kappa shape index (κ1) is 12.9. The fourth-order valence-corrected chi connectivity index (χ4v) is 3.37. The highest BCUT2D eigenvalue weighted by Gasteiger charge is 2.65. The minimum absolute atomic E-state index is 0.0741. The number of carbonyl (C=O) groups excluding carboxylic acids is 1.